The zero-order valence-corrected chi connectivity index (χ0v) is 27.6. The monoisotopic (exact) mass is 574 g/mol. The highest BCUT2D eigenvalue weighted by Crippen LogP contribution is 2.69. The van der Waals surface area contributed by atoms with Crippen molar-refractivity contribution in [3.05, 3.63) is 0 Å². The minimum atomic E-state index is -0.509. The summed E-state index contributed by atoms with van der Waals surface area (Å²) in [6.45, 7) is 21.2. The van der Waals surface area contributed by atoms with Crippen LogP contribution in [0.1, 0.15) is 127 Å². The van der Waals surface area contributed by atoms with Crippen LogP contribution in [0.4, 0.5) is 0 Å². The van der Waals surface area contributed by atoms with Gasteiger partial charge < -0.3 is 14.2 Å². The molecule has 12 unspecified atom stereocenters. The molecule has 0 amide bonds. The zero-order chi connectivity index (χ0) is 30.5. The Balaban J connectivity index is 1.60. The molecule has 12 atom stereocenters. The van der Waals surface area contributed by atoms with Gasteiger partial charge >= 0.3 is 17.9 Å². The highest BCUT2D eigenvalue weighted by Gasteiger charge is 2.64. The van der Waals surface area contributed by atoms with Crippen molar-refractivity contribution >= 4 is 17.9 Å². The third-order valence-electron chi connectivity index (χ3n) is 12.9. The van der Waals surface area contributed by atoms with E-state index in [1.165, 1.54) is 52.9 Å². The van der Waals surface area contributed by atoms with E-state index in [2.05, 4.69) is 48.5 Å². The lowest BCUT2D eigenvalue weighted by molar-refractivity contribution is -0.219. The standard InChI is InChI=1S/C35H58O6/c1-20(11-12-21(2)33(6,7)8)26-13-14-27-25-17-30(39-22(3)36)29-18-31(40-23(4)37)32(41-24(5)38)19-35(29,10)28(25)15-16-34(26,27)9/h20-21,25-32H,11-19H2,1-10H3. The Hall–Kier alpha value is -1.59. The molecule has 0 saturated heterocycles. The number of rotatable bonds is 7. The van der Waals surface area contributed by atoms with E-state index in [1.54, 1.807) is 0 Å². The summed E-state index contributed by atoms with van der Waals surface area (Å²) in [6, 6.07) is 0. The summed E-state index contributed by atoms with van der Waals surface area (Å²) in [5.41, 5.74) is 0.491. The first-order valence-electron chi connectivity index (χ1n) is 16.5. The molecule has 234 valence electrons. The van der Waals surface area contributed by atoms with Crippen molar-refractivity contribution in [1.29, 1.82) is 0 Å². The van der Waals surface area contributed by atoms with Crippen LogP contribution in [0.5, 0.6) is 0 Å². The molecule has 0 bridgehead atoms. The molecule has 0 spiro atoms. The number of esters is 3. The zero-order valence-electron chi connectivity index (χ0n) is 27.6. The molecule has 6 heteroatoms. The van der Waals surface area contributed by atoms with Gasteiger partial charge in [-0.25, -0.2) is 0 Å². The summed E-state index contributed by atoms with van der Waals surface area (Å²) in [5.74, 6) is 2.82. The van der Waals surface area contributed by atoms with E-state index in [4.69, 9.17) is 14.2 Å². The molecule has 0 radical (unpaired) electrons. The highest BCUT2D eigenvalue weighted by molar-refractivity contribution is 5.67. The predicted octanol–water partition coefficient (Wildman–Crippen LogP) is 7.76. The number of hydrogen-bond donors (Lipinski definition) is 0. The Labute approximate surface area is 249 Å². The van der Waals surface area contributed by atoms with Gasteiger partial charge in [-0.15, -0.1) is 0 Å². The third kappa shape index (κ3) is 6.37. The lowest BCUT2D eigenvalue weighted by Gasteiger charge is -2.63. The van der Waals surface area contributed by atoms with Gasteiger partial charge in [-0.3, -0.25) is 14.4 Å². The van der Waals surface area contributed by atoms with Gasteiger partial charge in [0.1, 0.15) is 18.3 Å². The lowest BCUT2D eigenvalue weighted by atomic mass is 9.43. The molecule has 0 aliphatic heterocycles. The van der Waals surface area contributed by atoms with Crippen LogP contribution in [0.3, 0.4) is 0 Å². The van der Waals surface area contributed by atoms with Crippen LogP contribution in [0.2, 0.25) is 0 Å². The van der Waals surface area contributed by atoms with E-state index in [-0.39, 0.29) is 35.3 Å². The fourth-order valence-corrected chi connectivity index (χ4v) is 10.4. The van der Waals surface area contributed by atoms with Crippen LogP contribution in [0.25, 0.3) is 0 Å². The molecule has 0 N–H and O–H groups in total. The van der Waals surface area contributed by atoms with Crippen LogP contribution in [-0.2, 0) is 28.6 Å². The van der Waals surface area contributed by atoms with Crippen molar-refractivity contribution in [1.82, 2.24) is 0 Å². The van der Waals surface area contributed by atoms with Crippen molar-refractivity contribution in [2.45, 2.75) is 145 Å². The Morgan fingerprint density at radius 2 is 1.29 bits per heavy atom. The van der Waals surface area contributed by atoms with Crippen LogP contribution in [0, 0.1) is 57.7 Å². The van der Waals surface area contributed by atoms with Gasteiger partial charge in [0, 0.05) is 26.7 Å². The van der Waals surface area contributed by atoms with Gasteiger partial charge in [-0.1, -0.05) is 54.9 Å². The van der Waals surface area contributed by atoms with Crippen molar-refractivity contribution in [2.24, 2.45) is 57.7 Å². The minimum Gasteiger partial charge on any atom is -0.462 e. The van der Waals surface area contributed by atoms with Crippen LogP contribution in [-0.4, -0.2) is 36.2 Å². The molecule has 0 aromatic rings. The maximum Gasteiger partial charge on any atom is 0.303 e. The summed E-state index contributed by atoms with van der Waals surface area (Å²) in [7, 11) is 0. The van der Waals surface area contributed by atoms with Crippen molar-refractivity contribution in [2.75, 3.05) is 0 Å². The second kappa shape index (κ2) is 11.8. The number of carbonyl (C=O) groups excluding carboxylic acids is 3. The second-order valence-electron chi connectivity index (χ2n) is 16.2. The minimum absolute atomic E-state index is 0.0724. The summed E-state index contributed by atoms with van der Waals surface area (Å²) in [4.78, 5) is 36.5. The Morgan fingerprint density at radius 3 is 1.88 bits per heavy atom. The molecular formula is C35H58O6. The predicted molar refractivity (Wildman–Crippen MR) is 160 cm³/mol. The third-order valence-corrected chi connectivity index (χ3v) is 12.9. The molecule has 4 aliphatic carbocycles. The SMILES string of the molecule is CC(=O)OC1CC2C(OC(C)=O)CC3C4CCC(C(C)CCC(C)C(C)(C)C)C4(C)CCC3C2(C)CC1OC(C)=O. The quantitative estimate of drug-likeness (QED) is 0.228. The van der Waals surface area contributed by atoms with Gasteiger partial charge in [-0.05, 0) is 103 Å². The fourth-order valence-electron chi connectivity index (χ4n) is 10.4. The first kappa shape index (κ1) is 32.3. The average molecular weight is 575 g/mol. The van der Waals surface area contributed by atoms with Crippen molar-refractivity contribution < 1.29 is 28.6 Å². The van der Waals surface area contributed by atoms with Gasteiger partial charge in [0.25, 0.3) is 0 Å². The molecule has 0 aromatic carbocycles. The normalized spacial score (nSPS) is 41.7. The van der Waals surface area contributed by atoms with E-state index >= 15 is 0 Å². The molecule has 4 rings (SSSR count). The molecule has 4 fully saturated rings. The first-order valence-corrected chi connectivity index (χ1v) is 16.5. The van der Waals surface area contributed by atoms with E-state index in [0.29, 0.717) is 53.3 Å². The topological polar surface area (TPSA) is 78.9 Å². The molecule has 6 nitrogen and oxygen atoms in total. The number of carbonyl (C=O) groups is 3. The van der Waals surface area contributed by atoms with Gasteiger partial charge in [0.05, 0.1) is 0 Å². The average Bonchev–Trinajstić information content (AvgIpc) is 3.19. The van der Waals surface area contributed by atoms with Crippen LogP contribution >= 0.6 is 0 Å². The summed E-state index contributed by atoms with van der Waals surface area (Å²) in [5, 5.41) is 0. The van der Waals surface area contributed by atoms with Crippen LogP contribution < -0.4 is 0 Å². The van der Waals surface area contributed by atoms with Crippen molar-refractivity contribution in [3.63, 3.8) is 0 Å². The summed E-state index contributed by atoms with van der Waals surface area (Å²) < 4.78 is 17.6. The van der Waals surface area contributed by atoms with Gasteiger partial charge in [-0.2, -0.15) is 0 Å². The number of hydrogen-bond acceptors (Lipinski definition) is 6. The Kier molecular flexibility index (Phi) is 9.33. The van der Waals surface area contributed by atoms with Gasteiger partial charge in [0.15, 0.2) is 0 Å². The Bertz CT molecular complexity index is 984. The number of ether oxygens (including phenoxy) is 3. The van der Waals surface area contributed by atoms with E-state index in [1.807, 2.05) is 0 Å². The molecular weight excluding hydrogens is 516 g/mol. The van der Waals surface area contributed by atoms with E-state index in [0.717, 1.165) is 18.8 Å². The van der Waals surface area contributed by atoms with Crippen molar-refractivity contribution in [3.8, 4) is 0 Å². The molecule has 4 aliphatic rings. The molecule has 4 saturated carbocycles. The highest BCUT2D eigenvalue weighted by atomic mass is 16.6. The molecule has 0 aromatic heterocycles. The molecule has 0 heterocycles. The number of fused-ring (bicyclic) bond motifs is 5. The maximum absolute atomic E-state index is 12.4. The van der Waals surface area contributed by atoms with Crippen LogP contribution in [0.15, 0.2) is 0 Å². The molecule has 41 heavy (non-hydrogen) atoms. The summed E-state index contributed by atoms with van der Waals surface area (Å²) in [6.07, 6.45) is 8.40. The first-order chi connectivity index (χ1) is 19.0. The lowest BCUT2D eigenvalue weighted by Crippen LogP contribution is -2.62. The van der Waals surface area contributed by atoms with E-state index < -0.39 is 12.2 Å². The van der Waals surface area contributed by atoms with E-state index in [9.17, 15) is 14.4 Å². The smallest absolute Gasteiger partial charge is 0.303 e. The maximum atomic E-state index is 12.4. The second-order valence-corrected chi connectivity index (χ2v) is 16.2. The van der Waals surface area contributed by atoms with Gasteiger partial charge in [0.2, 0.25) is 0 Å². The fraction of sp³-hybridized carbons (Fsp3) is 0.914. The summed E-state index contributed by atoms with van der Waals surface area (Å²) >= 11 is 0. The Morgan fingerprint density at radius 1 is 0.732 bits per heavy atom. The largest absolute Gasteiger partial charge is 0.462 e.